The van der Waals surface area contributed by atoms with E-state index in [0.717, 1.165) is 0 Å². The highest BCUT2D eigenvalue weighted by Gasteiger charge is 2.54. The Balaban J connectivity index is 2.00. The topological polar surface area (TPSA) is 153 Å². The number of fused-ring (bicyclic) bond motifs is 1. The van der Waals surface area contributed by atoms with Gasteiger partial charge in [0, 0.05) is 0 Å². The summed E-state index contributed by atoms with van der Waals surface area (Å²) < 4.78 is 48.5. The lowest BCUT2D eigenvalue weighted by atomic mass is 10.1. The van der Waals surface area contributed by atoms with Crippen molar-refractivity contribution in [3.63, 3.8) is 0 Å². The fraction of sp³-hybridized carbons (Fsp3) is 0.821. The predicted molar refractivity (Wildman–Crippen MR) is 182 cm³/mol. The Bertz CT molecular complexity index is 1340. The van der Waals surface area contributed by atoms with Crippen LogP contribution >= 0.6 is 7.82 Å². The van der Waals surface area contributed by atoms with Crippen LogP contribution in [0.1, 0.15) is 68.5 Å². The smallest absolute Gasteiger partial charge is 0.407 e. The zero-order chi connectivity index (χ0) is 33.9. The van der Waals surface area contributed by atoms with Crippen LogP contribution in [-0.4, -0.2) is 74.5 Å². The maximum Gasteiger partial charge on any atom is 0.455 e. The average molecular weight is 690 g/mol. The minimum absolute atomic E-state index is 0.140. The second-order valence-corrected chi connectivity index (χ2v) is 32.8. The van der Waals surface area contributed by atoms with E-state index in [1.807, 2.05) is 26.2 Å². The summed E-state index contributed by atoms with van der Waals surface area (Å²) in [7, 11) is -11.7. The number of hydrogen-bond donors (Lipinski definition) is 2. The number of imidazole rings is 1. The van der Waals surface area contributed by atoms with E-state index < -0.39 is 57.3 Å². The lowest BCUT2D eigenvalue weighted by Gasteiger charge is -2.42. The highest BCUT2D eigenvalue weighted by molar-refractivity contribution is 7.52. The number of aromatic nitrogens is 4. The molecule has 1 saturated heterocycles. The molecule has 0 bridgehead atoms. The Morgan fingerprint density at radius 3 is 1.86 bits per heavy atom. The molecule has 0 unspecified atom stereocenters. The van der Waals surface area contributed by atoms with Crippen LogP contribution in [0.2, 0.25) is 54.4 Å². The molecule has 0 aromatic carbocycles. The molecule has 1 aliphatic rings. The van der Waals surface area contributed by atoms with E-state index in [9.17, 15) is 9.67 Å². The summed E-state index contributed by atoms with van der Waals surface area (Å²) in [5.41, 5.74) is 6.93. The van der Waals surface area contributed by atoms with E-state index in [2.05, 4.69) is 90.4 Å². The molecule has 3 rings (SSSR count). The molecule has 252 valence electrons. The van der Waals surface area contributed by atoms with Crippen molar-refractivity contribution in [2.75, 3.05) is 12.3 Å². The maximum absolute atomic E-state index is 14.6. The molecule has 1 aliphatic heterocycles. The van der Waals surface area contributed by atoms with Gasteiger partial charge in [-0.3, -0.25) is 9.09 Å². The van der Waals surface area contributed by atoms with E-state index in [-0.39, 0.29) is 27.5 Å². The van der Waals surface area contributed by atoms with Crippen LogP contribution in [-0.2, 0) is 26.7 Å². The number of aliphatic hydroxyl groups excluding tert-OH is 1. The molecule has 16 heteroatoms. The molecule has 44 heavy (non-hydrogen) atoms. The van der Waals surface area contributed by atoms with Crippen LogP contribution in [0.15, 0.2) is 12.7 Å². The highest BCUT2D eigenvalue weighted by Crippen LogP contribution is 2.60. The Morgan fingerprint density at radius 2 is 1.39 bits per heavy atom. The summed E-state index contributed by atoms with van der Waals surface area (Å²) in [5.74, 6) is 0.237. The summed E-state index contributed by atoms with van der Waals surface area (Å²) in [6.45, 7) is 30.8. The van der Waals surface area contributed by atoms with E-state index in [1.165, 1.54) is 6.33 Å². The third kappa shape index (κ3) is 7.75. The number of nitrogens with two attached hydrogens (primary N) is 1. The maximum atomic E-state index is 14.6. The van der Waals surface area contributed by atoms with Crippen molar-refractivity contribution < 1.29 is 31.8 Å². The van der Waals surface area contributed by atoms with Crippen molar-refractivity contribution in [3.8, 4) is 0 Å². The van der Waals surface area contributed by atoms with Crippen LogP contribution in [0.25, 0.3) is 11.2 Å². The molecule has 3 N–H and O–H groups in total. The molecule has 2 aromatic rings. The summed E-state index contributed by atoms with van der Waals surface area (Å²) in [6.07, 6.45) is -0.720. The van der Waals surface area contributed by atoms with Gasteiger partial charge in [-0.25, -0.2) is 19.5 Å². The minimum atomic E-state index is -4.10. The Kier molecular flexibility index (Phi) is 10.4. The summed E-state index contributed by atoms with van der Waals surface area (Å²) in [4.78, 5) is 12.8. The van der Waals surface area contributed by atoms with Crippen molar-refractivity contribution in [1.29, 1.82) is 0 Å². The third-order valence-corrected chi connectivity index (χ3v) is 27.5. The van der Waals surface area contributed by atoms with Gasteiger partial charge in [-0.2, -0.15) is 0 Å². The first kappa shape index (κ1) is 37.4. The Labute approximate surface area is 266 Å². The molecule has 0 spiro atoms. The second-order valence-electron chi connectivity index (χ2n) is 16.4. The monoisotopic (exact) mass is 689 g/mol. The number of ether oxygens (including phenoxy) is 1. The molecule has 12 nitrogen and oxygen atoms in total. The zero-order valence-corrected chi connectivity index (χ0v) is 33.3. The second kappa shape index (κ2) is 12.2. The first-order chi connectivity index (χ1) is 19.6. The third-order valence-electron chi connectivity index (χ3n) is 9.90. The number of anilines is 1. The Morgan fingerprint density at radius 1 is 0.886 bits per heavy atom. The molecule has 4 atom stereocenters. The van der Waals surface area contributed by atoms with Gasteiger partial charge in [0.05, 0.1) is 12.9 Å². The van der Waals surface area contributed by atoms with Gasteiger partial charge in [0.2, 0.25) is 16.6 Å². The van der Waals surface area contributed by atoms with E-state index in [1.54, 1.807) is 10.9 Å². The molecule has 3 heterocycles. The minimum Gasteiger partial charge on any atom is -0.407 e. The first-order valence-corrected chi connectivity index (χ1v) is 25.4. The average Bonchev–Trinajstić information content (AvgIpc) is 3.37. The highest BCUT2D eigenvalue weighted by atomic mass is 31.2. The van der Waals surface area contributed by atoms with Crippen LogP contribution in [0.5, 0.6) is 0 Å². The van der Waals surface area contributed by atoms with E-state index in [0.29, 0.717) is 11.2 Å². The Hall–Kier alpha value is -1.01. The first-order valence-electron chi connectivity index (χ1n) is 15.2. The van der Waals surface area contributed by atoms with Gasteiger partial charge in [-0.05, 0) is 54.4 Å². The van der Waals surface area contributed by atoms with Crippen molar-refractivity contribution in [3.05, 3.63) is 12.7 Å². The van der Waals surface area contributed by atoms with Crippen LogP contribution in [0.4, 0.5) is 5.82 Å². The molecule has 1 fully saturated rings. The van der Waals surface area contributed by atoms with Gasteiger partial charge in [0.1, 0.15) is 30.2 Å². The van der Waals surface area contributed by atoms with Gasteiger partial charge in [0.15, 0.2) is 26.0 Å². The predicted octanol–water partition coefficient (Wildman–Crippen LogP) is 7.23. The molecular formula is C28H56N5O7PSi3. The molecular weight excluding hydrogens is 634 g/mol. The van der Waals surface area contributed by atoms with Crippen LogP contribution in [0.3, 0.4) is 0 Å². The quantitative estimate of drug-likeness (QED) is 0.192. The molecule has 0 aliphatic carbocycles. The summed E-state index contributed by atoms with van der Waals surface area (Å²) in [5, 5.41) is 11.1. The van der Waals surface area contributed by atoms with Crippen molar-refractivity contribution in [2.24, 2.45) is 0 Å². The van der Waals surface area contributed by atoms with Crippen LogP contribution in [0, 0.1) is 0 Å². The standard InChI is InChI=1S/C28H56N5O7PSi3/c1-26(2,3)42(10,11)38-22-21(34)19(37-25(22)33-18-32-20-23(29)30-17-31-24(20)33)16-36-41(35,39-43(12,13)27(4,5)6)40-44(14,15)28(7,8)9/h17-19,21-22,25,34H,16H2,1-15H3,(H2,29,30,31)/t19-,21-,22-,25-/m1/s1. The van der Waals surface area contributed by atoms with Crippen molar-refractivity contribution in [1.82, 2.24) is 19.5 Å². The lowest BCUT2D eigenvalue weighted by molar-refractivity contribution is -0.0486. The van der Waals surface area contributed by atoms with Crippen molar-refractivity contribution in [2.45, 2.75) is 141 Å². The van der Waals surface area contributed by atoms with Gasteiger partial charge < -0.3 is 28.4 Å². The normalized spacial score (nSPS) is 23.1. The number of nitrogen functional groups attached to an aromatic ring is 1. The van der Waals surface area contributed by atoms with Gasteiger partial charge in [-0.15, -0.1) is 0 Å². The molecule has 2 aromatic heterocycles. The fourth-order valence-electron chi connectivity index (χ4n) is 3.85. The summed E-state index contributed by atoms with van der Waals surface area (Å²) >= 11 is 0. The van der Waals surface area contributed by atoms with Gasteiger partial charge in [-0.1, -0.05) is 62.3 Å². The number of nitrogens with zero attached hydrogens (tertiary/aromatic N) is 4. The number of aliphatic hydroxyl groups is 1. The summed E-state index contributed by atoms with van der Waals surface area (Å²) in [6, 6.07) is 0. The lowest BCUT2D eigenvalue weighted by Crippen LogP contribution is -2.49. The number of rotatable bonds is 10. The van der Waals surface area contributed by atoms with E-state index >= 15 is 0 Å². The molecule has 0 radical (unpaired) electrons. The largest absolute Gasteiger partial charge is 0.455 e. The van der Waals surface area contributed by atoms with Crippen molar-refractivity contribution >= 4 is 49.8 Å². The zero-order valence-electron chi connectivity index (χ0n) is 29.4. The van der Waals surface area contributed by atoms with Crippen LogP contribution < -0.4 is 5.73 Å². The SMILES string of the molecule is CC(C)(C)[Si](C)(C)O[C@@H]1[C@H](O)[C@@H](COP(=O)(O[Si](C)(C)C(C)(C)C)O[Si](C)(C)C(C)(C)C)O[C@H]1n1cnc2c(N)ncnc21. The van der Waals surface area contributed by atoms with Gasteiger partial charge >= 0.3 is 7.82 Å². The fourth-order valence-corrected chi connectivity index (χ4v) is 13.0. The van der Waals surface area contributed by atoms with Gasteiger partial charge in [0.25, 0.3) is 0 Å². The van der Waals surface area contributed by atoms with E-state index in [4.69, 9.17) is 27.8 Å². The number of hydrogen-bond acceptors (Lipinski definition) is 11. The molecule has 0 saturated carbocycles. The molecule has 0 amide bonds. The number of phosphoric acid groups is 1.